The van der Waals surface area contributed by atoms with Crippen molar-refractivity contribution in [2.24, 2.45) is 0 Å². The van der Waals surface area contributed by atoms with Crippen LogP contribution in [-0.4, -0.2) is 25.9 Å². The molecule has 0 aliphatic heterocycles. The van der Waals surface area contributed by atoms with Gasteiger partial charge in [-0.1, -0.05) is 11.6 Å². The maximum absolute atomic E-state index is 12.8. The molecule has 0 spiro atoms. The Labute approximate surface area is 174 Å². The number of nitrogens with zero attached hydrogens (tertiary/aromatic N) is 1. The first-order valence-electron chi connectivity index (χ1n) is 7.82. The van der Waals surface area contributed by atoms with Gasteiger partial charge in [-0.3, -0.25) is 10.1 Å². The molecule has 2 aromatic carbocycles. The van der Waals surface area contributed by atoms with Crippen LogP contribution in [0.1, 0.15) is 11.1 Å². The van der Waals surface area contributed by atoms with Crippen molar-refractivity contribution in [1.29, 1.82) is 0 Å². The monoisotopic (exact) mass is 486 g/mol. The maximum atomic E-state index is 12.8. The van der Waals surface area contributed by atoms with Crippen molar-refractivity contribution in [3.8, 4) is 11.5 Å². The number of hydrogen-bond acceptors (Lipinski definition) is 7. The number of nitro groups is 1. The van der Waals surface area contributed by atoms with Crippen molar-refractivity contribution in [3.05, 3.63) is 56.6 Å². The van der Waals surface area contributed by atoms with Gasteiger partial charge in [0.1, 0.15) is 11.5 Å². The highest BCUT2D eigenvalue weighted by atomic mass is 35.5. The highest BCUT2D eigenvalue weighted by Gasteiger charge is 2.32. The van der Waals surface area contributed by atoms with Gasteiger partial charge < -0.3 is 4.74 Å². The van der Waals surface area contributed by atoms with E-state index in [-0.39, 0.29) is 17.1 Å². The number of alkyl halides is 3. The predicted octanol–water partition coefficient (Wildman–Crippen LogP) is 5.49. The van der Waals surface area contributed by atoms with Crippen molar-refractivity contribution >= 4 is 35.2 Å². The lowest BCUT2D eigenvalue weighted by Crippen LogP contribution is -2.11. The van der Waals surface area contributed by atoms with Gasteiger partial charge in [-0.05, 0) is 35.3 Å². The summed E-state index contributed by atoms with van der Waals surface area (Å²) < 4.78 is 84.2. The number of ether oxygens (including phenoxy) is 1. The van der Waals surface area contributed by atoms with E-state index in [1.54, 1.807) is 0 Å². The molecule has 1 unspecified atom stereocenters. The van der Waals surface area contributed by atoms with E-state index in [0.717, 1.165) is 24.9 Å². The van der Waals surface area contributed by atoms with Crippen LogP contribution in [0.5, 0.6) is 11.5 Å². The average molecular weight is 487 g/mol. The second-order valence-corrected chi connectivity index (χ2v) is 9.34. The molecule has 1 atom stereocenters. The fraction of sp³-hybridized carbons (Fsp3) is 0.250. The first-order chi connectivity index (χ1) is 13.7. The average Bonchev–Trinajstić information content (AvgIpc) is 2.61. The molecule has 0 fully saturated rings. The number of nitro benzene ring substituents is 1. The molecular weight excluding hydrogens is 474 g/mol. The fourth-order valence-electron chi connectivity index (χ4n) is 2.24. The standard InChI is InChI=1S/C16H13ClF3NO7PS/c1-9-5-12(21(22)23)15(30(25,26)8-27-29(2)24)7-14(9)28-13-4-3-10(6-11(13)17)16(18,19)20/h3-7H,8H2,1-2H3/q+1. The minimum absolute atomic E-state index is 0.124. The van der Waals surface area contributed by atoms with Crippen LogP contribution in [0.4, 0.5) is 18.9 Å². The predicted molar refractivity (Wildman–Crippen MR) is 101 cm³/mol. The van der Waals surface area contributed by atoms with Gasteiger partial charge in [0.2, 0.25) is 15.8 Å². The van der Waals surface area contributed by atoms with Crippen molar-refractivity contribution in [1.82, 2.24) is 0 Å². The summed E-state index contributed by atoms with van der Waals surface area (Å²) in [6.45, 7) is 2.48. The van der Waals surface area contributed by atoms with Gasteiger partial charge in [-0.2, -0.15) is 13.2 Å². The second-order valence-electron chi connectivity index (χ2n) is 5.89. The Balaban J connectivity index is 2.52. The molecule has 0 aliphatic rings. The quantitative estimate of drug-likeness (QED) is 0.289. The normalized spacial score (nSPS) is 12.5. The summed E-state index contributed by atoms with van der Waals surface area (Å²) in [4.78, 5) is 9.59. The van der Waals surface area contributed by atoms with Gasteiger partial charge in [-0.15, -0.1) is 4.52 Å². The number of sulfone groups is 1. The molecule has 0 saturated heterocycles. The molecule has 14 heteroatoms. The van der Waals surface area contributed by atoms with Gasteiger partial charge in [0.25, 0.3) is 5.69 Å². The molecular formula is C16H13ClF3NO7PS+. The Morgan fingerprint density at radius 1 is 1.20 bits per heavy atom. The van der Waals surface area contributed by atoms with E-state index >= 15 is 0 Å². The van der Waals surface area contributed by atoms with Crippen LogP contribution >= 0.6 is 19.6 Å². The highest BCUT2D eigenvalue weighted by molar-refractivity contribution is 7.91. The van der Waals surface area contributed by atoms with Crippen molar-refractivity contribution in [3.63, 3.8) is 0 Å². The number of hydrogen-bond donors (Lipinski definition) is 0. The van der Waals surface area contributed by atoms with E-state index in [2.05, 4.69) is 4.52 Å². The molecule has 2 aromatic rings. The second kappa shape index (κ2) is 8.84. The van der Waals surface area contributed by atoms with Crippen LogP contribution in [0.15, 0.2) is 35.2 Å². The lowest BCUT2D eigenvalue weighted by molar-refractivity contribution is -0.387. The molecule has 2 rings (SSSR count). The van der Waals surface area contributed by atoms with Gasteiger partial charge in [0, 0.05) is 12.1 Å². The van der Waals surface area contributed by atoms with Crippen LogP contribution in [0.2, 0.25) is 5.02 Å². The van der Waals surface area contributed by atoms with E-state index in [9.17, 15) is 36.3 Å². The van der Waals surface area contributed by atoms with Crippen LogP contribution in [-0.2, 0) is 25.1 Å². The summed E-state index contributed by atoms with van der Waals surface area (Å²) in [6.07, 6.45) is -4.63. The summed E-state index contributed by atoms with van der Waals surface area (Å²) in [5.74, 6) is -1.50. The van der Waals surface area contributed by atoms with Crippen molar-refractivity contribution in [2.75, 3.05) is 12.6 Å². The summed E-state index contributed by atoms with van der Waals surface area (Å²) in [6, 6.07) is 4.03. The third-order valence-electron chi connectivity index (χ3n) is 3.66. The van der Waals surface area contributed by atoms with Gasteiger partial charge in [-0.25, -0.2) is 8.42 Å². The maximum Gasteiger partial charge on any atom is 0.505 e. The van der Waals surface area contributed by atoms with E-state index in [0.29, 0.717) is 12.1 Å². The van der Waals surface area contributed by atoms with E-state index in [1.807, 2.05) is 0 Å². The minimum atomic E-state index is -4.63. The lowest BCUT2D eigenvalue weighted by atomic mass is 10.2. The van der Waals surface area contributed by atoms with Gasteiger partial charge in [0.05, 0.1) is 15.5 Å². The zero-order valence-electron chi connectivity index (χ0n) is 15.3. The molecule has 30 heavy (non-hydrogen) atoms. The summed E-state index contributed by atoms with van der Waals surface area (Å²) in [5.41, 5.74) is -1.67. The molecule has 0 radical (unpaired) electrons. The van der Waals surface area contributed by atoms with Crippen LogP contribution in [0.3, 0.4) is 0 Å². The Hall–Kier alpha value is -2.27. The molecule has 0 saturated carbocycles. The Kier molecular flexibility index (Phi) is 7.08. The topological polar surface area (TPSA) is 113 Å². The Morgan fingerprint density at radius 2 is 1.83 bits per heavy atom. The fourth-order valence-corrected chi connectivity index (χ4v) is 4.48. The Bertz CT molecular complexity index is 1120. The van der Waals surface area contributed by atoms with Crippen LogP contribution in [0, 0.1) is 17.0 Å². The number of rotatable bonds is 7. The molecule has 0 bridgehead atoms. The van der Waals surface area contributed by atoms with E-state index in [1.165, 1.54) is 6.92 Å². The molecule has 0 amide bonds. The van der Waals surface area contributed by atoms with E-state index in [4.69, 9.17) is 16.3 Å². The lowest BCUT2D eigenvalue weighted by Gasteiger charge is -2.14. The molecule has 0 aliphatic carbocycles. The number of benzene rings is 2. The Morgan fingerprint density at radius 3 is 2.33 bits per heavy atom. The summed E-state index contributed by atoms with van der Waals surface area (Å²) in [7, 11) is -6.70. The molecule has 162 valence electrons. The van der Waals surface area contributed by atoms with E-state index < -0.39 is 56.1 Å². The van der Waals surface area contributed by atoms with Crippen LogP contribution in [0.25, 0.3) is 0 Å². The third-order valence-corrected chi connectivity index (χ3v) is 6.05. The van der Waals surface area contributed by atoms with Crippen molar-refractivity contribution in [2.45, 2.75) is 18.0 Å². The minimum Gasteiger partial charge on any atom is -0.455 e. The molecule has 8 nitrogen and oxygen atoms in total. The van der Waals surface area contributed by atoms with Gasteiger partial charge in [0.15, 0.2) is 11.6 Å². The highest BCUT2D eigenvalue weighted by Crippen LogP contribution is 2.39. The zero-order chi connectivity index (χ0) is 22.9. The van der Waals surface area contributed by atoms with Crippen molar-refractivity contribution < 1.29 is 40.3 Å². The summed E-state index contributed by atoms with van der Waals surface area (Å²) in [5, 5.41) is 10.9. The van der Waals surface area contributed by atoms with Gasteiger partial charge >= 0.3 is 14.2 Å². The summed E-state index contributed by atoms with van der Waals surface area (Å²) >= 11 is 5.83. The smallest absolute Gasteiger partial charge is 0.455 e. The molecule has 0 N–H and O–H groups in total. The molecule has 0 heterocycles. The molecule has 0 aromatic heterocycles. The zero-order valence-corrected chi connectivity index (χ0v) is 17.7. The first-order valence-corrected chi connectivity index (χ1v) is 11.5. The first kappa shape index (κ1) is 24.0. The number of halogens is 4. The SMILES string of the molecule is Cc1cc([N+](=O)[O-])c(S(=O)(=O)CO[P+](C)=O)cc1Oc1ccc(C(F)(F)F)cc1Cl. The number of aryl methyl sites for hydroxylation is 1. The largest absolute Gasteiger partial charge is 0.505 e. The third kappa shape index (κ3) is 5.66. The van der Waals surface area contributed by atoms with Crippen LogP contribution < -0.4 is 4.74 Å².